The largest absolute Gasteiger partial charge is 0.496 e. The molecule has 2 aromatic rings. The predicted octanol–water partition coefficient (Wildman–Crippen LogP) is 4.78. The Bertz CT molecular complexity index is 1150. The first-order chi connectivity index (χ1) is 17.9. The molecule has 37 heavy (non-hydrogen) atoms. The van der Waals surface area contributed by atoms with Crippen LogP contribution in [0.2, 0.25) is 0 Å². The Balaban J connectivity index is 1.15. The first kappa shape index (κ1) is 27.0. The van der Waals surface area contributed by atoms with E-state index in [9.17, 15) is 14.4 Å². The number of thioether (sulfide) groups is 1. The van der Waals surface area contributed by atoms with Gasteiger partial charge in [-0.05, 0) is 67.5 Å². The van der Waals surface area contributed by atoms with E-state index in [-0.39, 0.29) is 29.8 Å². The van der Waals surface area contributed by atoms with Crippen LogP contribution in [-0.4, -0.2) is 54.5 Å². The number of fused-ring (bicyclic) bond motifs is 1. The maximum Gasteiger partial charge on any atom is 0.315 e. The molecular weight excluding hydrogens is 486 g/mol. The lowest BCUT2D eigenvalue weighted by molar-refractivity contribution is -0.121. The molecule has 2 aromatic carbocycles. The molecule has 8 heteroatoms. The number of nitrogens with one attached hydrogen (secondary N) is 3. The van der Waals surface area contributed by atoms with E-state index >= 15 is 0 Å². The average molecular weight is 524 g/mol. The summed E-state index contributed by atoms with van der Waals surface area (Å²) in [5.74, 6) is 1.91. The molecule has 3 amide bonds. The molecule has 2 heterocycles. The molecule has 3 N–H and O–H groups in total. The molecule has 0 spiro atoms. The summed E-state index contributed by atoms with van der Waals surface area (Å²) in [5, 5.41) is 9.33. The molecule has 7 nitrogen and oxygen atoms in total. The number of methoxy groups -OCH3 is 1. The molecule has 0 aliphatic carbocycles. The van der Waals surface area contributed by atoms with Gasteiger partial charge in [0.15, 0.2) is 5.78 Å². The van der Waals surface area contributed by atoms with Gasteiger partial charge in [0.2, 0.25) is 5.91 Å². The van der Waals surface area contributed by atoms with Gasteiger partial charge in [0.25, 0.3) is 0 Å². The quantitative estimate of drug-likeness (QED) is 0.211. The Hall–Kier alpha value is -3.00. The number of urea groups is 1. The molecule has 0 bridgehead atoms. The Morgan fingerprint density at radius 3 is 2.70 bits per heavy atom. The summed E-state index contributed by atoms with van der Waals surface area (Å²) in [6.45, 7) is 4.59. The molecule has 3 atom stereocenters. The van der Waals surface area contributed by atoms with Crippen molar-refractivity contribution in [2.75, 3.05) is 19.4 Å². The van der Waals surface area contributed by atoms with Crippen molar-refractivity contribution < 1.29 is 19.1 Å². The third kappa shape index (κ3) is 6.86. The number of carbonyl (C=O) groups is 3. The molecule has 0 radical (unpaired) electrons. The molecule has 0 saturated carbocycles. The zero-order valence-corrected chi connectivity index (χ0v) is 22.7. The summed E-state index contributed by atoms with van der Waals surface area (Å²) >= 11 is 1.90. The monoisotopic (exact) mass is 523 g/mol. The second-order valence-corrected chi connectivity index (χ2v) is 11.2. The lowest BCUT2D eigenvalue weighted by atomic mass is 9.96. The summed E-state index contributed by atoms with van der Waals surface area (Å²) in [6.07, 6.45) is 4.29. The van der Waals surface area contributed by atoms with Crippen LogP contribution in [-0.2, 0) is 4.79 Å². The van der Waals surface area contributed by atoms with Crippen molar-refractivity contribution >= 4 is 29.5 Å². The summed E-state index contributed by atoms with van der Waals surface area (Å²) in [5.41, 5.74) is 4.95. The number of unbranched alkanes of at least 4 members (excludes halogenated alkanes) is 1. The number of hydrogen-bond donors (Lipinski definition) is 3. The lowest BCUT2D eigenvalue weighted by Crippen LogP contribution is -2.36. The van der Waals surface area contributed by atoms with Crippen molar-refractivity contribution in [2.24, 2.45) is 0 Å². The maximum atomic E-state index is 12.8. The van der Waals surface area contributed by atoms with Crippen LogP contribution in [0.15, 0.2) is 36.4 Å². The van der Waals surface area contributed by atoms with Crippen LogP contribution in [0.4, 0.5) is 4.79 Å². The van der Waals surface area contributed by atoms with Crippen molar-refractivity contribution in [1.82, 2.24) is 16.0 Å². The molecule has 4 rings (SSSR count). The standard InChI is InChI=1S/C29H37N3O4S/c1-18-14-22(16-25(36-3)19(18)2)20-8-6-9-21(15-20)24(33)10-7-13-30-27(34)12-5-4-11-26-28-23(17-37-26)31-29(35)32-28/h6,8-9,14-16,23,26,28H,4-5,7,10-13,17H2,1-3H3,(H,30,34)(H2,31,32,35)/t23-,26-,28-/m0/s1. The van der Waals surface area contributed by atoms with Crippen molar-refractivity contribution in [3.8, 4) is 16.9 Å². The number of aryl methyl sites for hydroxylation is 1. The van der Waals surface area contributed by atoms with Gasteiger partial charge in [-0.15, -0.1) is 0 Å². The highest BCUT2D eigenvalue weighted by molar-refractivity contribution is 8.00. The van der Waals surface area contributed by atoms with Crippen LogP contribution in [0.3, 0.4) is 0 Å². The fraction of sp³-hybridized carbons (Fsp3) is 0.483. The molecule has 0 aromatic heterocycles. The molecule has 2 aliphatic heterocycles. The fourth-order valence-corrected chi connectivity index (χ4v) is 6.61. The maximum absolute atomic E-state index is 12.8. The highest BCUT2D eigenvalue weighted by Gasteiger charge is 2.42. The van der Waals surface area contributed by atoms with E-state index in [4.69, 9.17) is 4.74 Å². The minimum absolute atomic E-state index is 0.0333. The second-order valence-electron chi connectivity index (χ2n) is 9.95. The van der Waals surface area contributed by atoms with Gasteiger partial charge in [-0.1, -0.05) is 30.7 Å². The van der Waals surface area contributed by atoms with E-state index in [0.717, 1.165) is 53.0 Å². The zero-order chi connectivity index (χ0) is 26.4. The Labute approximate surface area is 223 Å². The molecule has 198 valence electrons. The number of benzene rings is 2. The van der Waals surface area contributed by atoms with Gasteiger partial charge in [0, 0.05) is 36.0 Å². The molecule has 2 aliphatic rings. The van der Waals surface area contributed by atoms with E-state index in [1.807, 2.05) is 49.0 Å². The normalized spacial score (nSPS) is 20.2. The van der Waals surface area contributed by atoms with Crippen LogP contribution in [0.25, 0.3) is 11.1 Å². The van der Waals surface area contributed by atoms with E-state index in [1.165, 1.54) is 0 Å². The van der Waals surface area contributed by atoms with Gasteiger partial charge in [0.05, 0.1) is 19.2 Å². The summed E-state index contributed by atoms with van der Waals surface area (Å²) < 4.78 is 5.50. The number of ether oxygens (including phenoxy) is 1. The molecule has 0 unspecified atom stereocenters. The lowest BCUT2D eigenvalue weighted by Gasteiger charge is -2.16. The van der Waals surface area contributed by atoms with Gasteiger partial charge in [-0.3, -0.25) is 9.59 Å². The smallest absolute Gasteiger partial charge is 0.315 e. The Morgan fingerprint density at radius 2 is 1.89 bits per heavy atom. The highest BCUT2D eigenvalue weighted by Crippen LogP contribution is 2.33. The van der Waals surface area contributed by atoms with E-state index in [2.05, 4.69) is 28.9 Å². The topological polar surface area (TPSA) is 96.5 Å². The van der Waals surface area contributed by atoms with E-state index in [0.29, 0.717) is 36.6 Å². The summed E-state index contributed by atoms with van der Waals surface area (Å²) in [7, 11) is 1.67. The third-order valence-electron chi connectivity index (χ3n) is 7.34. The van der Waals surface area contributed by atoms with Crippen LogP contribution in [0.5, 0.6) is 5.75 Å². The Morgan fingerprint density at radius 1 is 1.05 bits per heavy atom. The number of ketones is 1. The zero-order valence-electron chi connectivity index (χ0n) is 21.9. The number of rotatable bonds is 12. The summed E-state index contributed by atoms with van der Waals surface area (Å²) in [4.78, 5) is 36.5. The highest BCUT2D eigenvalue weighted by atomic mass is 32.2. The average Bonchev–Trinajstić information content (AvgIpc) is 3.45. The Kier molecular flexibility index (Phi) is 9.14. The van der Waals surface area contributed by atoms with Crippen molar-refractivity contribution in [3.63, 3.8) is 0 Å². The number of carbonyl (C=O) groups excluding carboxylic acids is 3. The van der Waals surface area contributed by atoms with Crippen molar-refractivity contribution in [3.05, 3.63) is 53.1 Å². The van der Waals surface area contributed by atoms with Crippen LogP contribution < -0.4 is 20.7 Å². The SMILES string of the molecule is COc1cc(-c2cccc(C(=O)CCCNC(=O)CCCC[C@@H]3SC[C@@H]4NC(=O)N[C@@H]43)c2)cc(C)c1C. The predicted molar refractivity (Wildman–Crippen MR) is 148 cm³/mol. The van der Waals surface area contributed by atoms with Crippen LogP contribution in [0.1, 0.15) is 60.0 Å². The van der Waals surface area contributed by atoms with Gasteiger partial charge >= 0.3 is 6.03 Å². The minimum atomic E-state index is -0.0621. The fourth-order valence-electron chi connectivity index (χ4n) is 5.06. The van der Waals surface area contributed by atoms with Crippen molar-refractivity contribution in [2.45, 2.75) is 69.7 Å². The van der Waals surface area contributed by atoms with Gasteiger partial charge in [0.1, 0.15) is 5.75 Å². The third-order valence-corrected chi connectivity index (χ3v) is 8.85. The minimum Gasteiger partial charge on any atom is -0.496 e. The molecule has 2 fully saturated rings. The molecular formula is C29H37N3O4S. The van der Waals surface area contributed by atoms with Gasteiger partial charge in [-0.2, -0.15) is 11.8 Å². The van der Waals surface area contributed by atoms with Crippen molar-refractivity contribution in [1.29, 1.82) is 0 Å². The number of Topliss-reactive ketones (excluding diaryl/α,β-unsaturated/α-hetero) is 1. The second kappa shape index (κ2) is 12.5. The first-order valence-corrected chi connectivity index (χ1v) is 14.1. The van der Waals surface area contributed by atoms with Crippen LogP contribution in [0, 0.1) is 13.8 Å². The number of hydrogen-bond acceptors (Lipinski definition) is 5. The van der Waals surface area contributed by atoms with Gasteiger partial charge in [-0.25, -0.2) is 4.79 Å². The van der Waals surface area contributed by atoms with E-state index < -0.39 is 0 Å². The van der Waals surface area contributed by atoms with E-state index in [1.54, 1.807) is 7.11 Å². The summed E-state index contributed by atoms with van der Waals surface area (Å²) in [6, 6.07) is 12.2. The van der Waals surface area contributed by atoms with Crippen LogP contribution >= 0.6 is 11.8 Å². The number of amides is 3. The molecule has 2 saturated heterocycles. The van der Waals surface area contributed by atoms with Gasteiger partial charge < -0.3 is 20.7 Å². The first-order valence-electron chi connectivity index (χ1n) is 13.1.